The molecule has 8 nitrogen and oxygen atoms in total. The summed E-state index contributed by atoms with van der Waals surface area (Å²) in [6.07, 6.45) is 3.42. The minimum Gasteiger partial charge on any atom is -0.382 e. The van der Waals surface area contributed by atoms with Gasteiger partial charge in [-0.15, -0.1) is 0 Å². The number of piperidine rings is 1. The average Bonchev–Trinajstić information content (AvgIpc) is 2.97. The summed E-state index contributed by atoms with van der Waals surface area (Å²) in [5, 5.41) is 9.28. The number of nitrogen functional groups attached to an aromatic ring is 1. The maximum atomic E-state index is 13.1. The summed E-state index contributed by atoms with van der Waals surface area (Å²) in [5.41, 5.74) is 10.9. The molecule has 0 spiro atoms. The number of rotatable bonds is 7. The van der Waals surface area contributed by atoms with Crippen LogP contribution in [-0.2, 0) is 6.54 Å². The fourth-order valence-corrected chi connectivity index (χ4v) is 4.60. The van der Waals surface area contributed by atoms with Crippen LogP contribution in [-0.4, -0.2) is 40.9 Å². The second-order valence-corrected chi connectivity index (χ2v) is 9.29. The topological polar surface area (TPSA) is 122 Å². The Labute approximate surface area is 221 Å². The third-order valence-corrected chi connectivity index (χ3v) is 6.61. The molecule has 192 valence electrons. The molecule has 0 unspecified atom stereocenters. The first-order chi connectivity index (χ1) is 18.6. The van der Waals surface area contributed by atoms with Crippen molar-refractivity contribution in [3.05, 3.63) is 102 Å². The van der Waals surface area contributed by atoms with Crippen LogP contribution in [0.3, 0.4) is 0 Å². The number of hydrogen-bond acceptors (Lipinski definition) is 6. The molecule has 1 atom stereocenters. The highest BCUT2D eigenvalue weighted by atomic mass is 16.2. The third kappa shape index (κ3) is 5.87. The SMILES string of the molecule is Nc1ncc(-c2cccc(C(=O)NCc3ccccc3-c3ccccc3)c2)nc1C(=O)N[C@H]1CCCNC1. The Kier molecular flexibility index (Phi) is 7.70. The molecular formula is C30H30N6O2. The van der Waals surface area contributed by atoms with Gasteiger partial charge in [0.25, 0.3) is 11.8 Å². The lowest BCUT2D eigenvalue weighted by Crippen LogP contribution is -2.46. The van der Waals surface area contributed by atoms with E-state index in [2.05, 4.69) is 44.1 Å². The van der Waals surface area contributed by atoms with Crippen molar-refractivity contribution in [2.45, 2.75) is 25.4 Å². The first kappa shape index (κ1) is 25.1. The first-order valence-electron chi connectivity index (χ1n) is 12.7. The van der Waals surface area contributed by atoms with E-state index in [4.69, 9.17) is 5.73 Å². The number of nitrogens with zero attached hydrogens (tertiary/aromatic N) is 2. The van der Waals surface area contributed by atoms with Gasteiger partial charge in [-0.2, -0.15) is 0 Å². The fourth-order valence-electron chi connectivity index (χ4n) is 4.60. The summed E-state index contributed by atoms with van der Waals surface area (Å²) in [7, 11) is 0. The summed E-state index contributed by atoms with van der Waals surface area (Å²) in [5.74, 6) is -0.488. The molecule has 0 saturated carbocycles. The van der Waals surface area contributed by atoms with Crippen molar-refractivity contribution < 1.29 is 9.59 Å². The molecule has 2 heterocycles. The Bertz CT molecular complexity index is 1430. The molecule has 1 fully saturated rings. The summed E-state index contributed by atoms with van der Waals surface area (Å²) >= 11 is 0. The Morgan fingerprint density at radius 3 is 2.55 bits per heavy atom. The zero-order valence-electron chi connectivity index (χ0n) is 21.0. The van der Waals surface area contributed by atoms with Gasteiger partial charge in [0.05, 0.1) is 11.9 Å². The molecule has 8 heteroatoms. The maximum absolute atomic E-state index is 13.1. The zero-order valence-corrected chi connectivity index (χ0v) is 21.0. The van der Waals surface area contributed by atoms with Crippen LogP contribution >= 0.6 is 0 Å². The standard InChI is InChI=1S/C30H30N6O2/c31-28-27(30(38)35-24-13-7-15-32-18-24)36-26(19-33-28)21-11-6-12-22(16-21)29(37)34-17-23-10-4-5-14-25(23)20-8-2-1-3-9-20/h1-6,8-12,14,16,19,24,32H,7,13,15,17-18H2,(H2,31,33)(H,34,37)(H,35,38)/t24-/m0/s1. The zero-order chi connectivity index (χ0) is 26.3. The van der Waals surface area contributed by atoms with Crippen LogP contribution in [0.15, 0.2) is 85.1 Å². The second kappa shape index (κ2) is 11.7. The Morgan fingerprint density at radius 1 is 0.947 bits per heavy atom. The van der Waals surface area contributed by atoms with Gasteiger partial charge in [0.1, 0.15) is 0 Å². The lowest BCUT2D eigenvalue weighted by atomic mass is 9.99. The molecule has 0 aliphatic carbocycles. The van der Waals surface area contributed by atoms with Gasteiger partial charge in [0.2, 0.25) is 0 Å². The lowest BCUT2D eigenvalue weighted by molar-refractivity contribution is 0.0923. The van der Waals surface area contributed by atoms with Crippen LogP contribution in [0.1, 0.15) is 39.3 Å². The van der Waals surface area contributed by atoms with E-state index in [0.717, 1.165) is 36.1 Å². The van der Waals surface area contributed by atoms with Crippen molar-refractivity contribution in [1.82, 2.24) is 25.9 Å². The largest absolute Gasteiger partial charge is 0.382 e. The van der Waals surface area contributed by atoms with E-state index in [1.165, 1.54) is 6.20 Å². The van der Waals surface area contributed by atoms with E-state index in [-0.39, 0.29) is 29.4 Å². The van der Waals surface area contributed by atoms with E-state index in [9.17, 15) is 9.59 Å². The third-order valence-electron chi connectivity index (χ3n) is 6.61. The molecule has 5 N–H and O–H groups in total. The highest BCUT2D eigenvalue weighted by Crippen LogP contribution is 2.24. The molecule has 38 heavy (non-hydrogen) atoms. The predicted octanol–water partition coefficient (Wildman–Crippen LogP) is 3.80. The van der Waals surface area contributed by atoms with Crippen LogP contribution in [0, 0.1) is 0 Å². The summed E-state index contributed by atoms with van der Waals surface area (Å²) in [6, 6.07) is 25.2. The van der Waals surface area contributed by atoms with Gasteiger partial charge >= 0.3 is 0 Å². The number of aromatic nitrogens is 2. The number of carbonyl (C=O) groups is 2. The number of hydrogen-bond donors (Lipinski definition) is 4. The quantitative estimate of drug-likeness (QED) is 0.302. The molecule has 1 aliphatic rings. The van der Waals surface area contributed by atoms with E-state index in [1.54, 1.807) is 18.2 Å². The summed E-state index contributed by atoms with van der Waals surface area (Å²) < 4.78 is 0. The number of carbonyl (C=O) groups excluding carboxylic acids is 2. The van der Waals surface area contributed by atoms with Gasteiger partial charge in [-0.3, -0.25) is 9.59 Å². The number of anilines is 1. The Balaban J connectivity index is 1.31. The average molecular weight is 507 g/mol. The number of nitrogens with two attached hydrogens (primary N) is 1. The molecule has 2 amide bonds. The smallest absolute Gasteiger partial charge is 0.274 e. The maximum Gasteiger partial charge on any atom is 0.274 e. The Morgan fingerprint density at radius 2 is 1.74 bits per heavy atom. The molecule has 4 aromatic rings. The van der Waals surface area contributed by atoms with Crippen molar-refractivity contribution >= 4 is 17.6 Å². The molecular weight excluding hydrogens is 476 g/mol. The predicted molar refractivity (Wildman–Crippen MR) is 148 cm³/mol. The molecule has 1 saturated heterocycles. The van der Waals surface area contributed by atoms with Gasteiger partial charge < -0.3 is 21.7 Å². The van der Waals surface area contributed by atoms with E-state index >= 15 is 0 Å². The van der Waals surface area contributed by atoms with E-state index in [1.807, 2.05) is 42.5 Å². The van der Waals surface area contributed by atoms with E-state index < -0.39 is 0 Å². The monoisotopic (exact) mass is 506 g/mol. The van der Waals surface area contributed by atoms with Crippen molar-refractivity contribution in [3.8, 4) is 22.4 Å². The highest BCUT2D eigenvalue weighted by molar-refractivity contribution is 5.97. The Hall–Kier alpha value is -4.56. The minimum absolute atomic E-state index is 0.0279. The molecule has 1 aromatic heterocycles. The highest BCUT2D eigenvalue weighted by Gasteiger charge is 2.20. The molecule has 3 aromatic carbocycles. The van der Waals surface area contributed by atoms with Crippen LogP contribution in [0.25, 0.3) is 22.4 Å². The van der Waals surface area contributed by atoms with Crippen molar-refractivity contribution in [1.29, 1.82) is 0 Å². The lowest BCUT2D eigenvalue weighted by Gasteiger charge is -2.23. The van der Waals surface area contributed by atoms with Gasteiger partial charge in [0, 0.05) is 30.3 Å². The van der Waals surface area contributed by atoms with E-state index in [0.29, 0.717) is 29.9 Å². The van der Waals surface area contributed by atoms with Crippen LogP contribution in [0.4, 0.5) is 5.82 Å². The van der Waals surface area contributed by atoms with Gasteiger partial charge in [0.15, 0.2) is 11.5 Å². The minimum atomic E-state index is -0.350. The van der Waals surface area contributed by atoms with Gasteiger partial charge in [-0.25, -0.2) is 9.97 Å². The van der Waals surface area contributed by atoms with Crippen molar-refractivity contribution in [2.24, 2.45) is 0 Å². The molecule has 1 aliphatic heterocycles. The number of benzene rings is 3. The van der Waals surface area contributed by atoms with Crippen LogP contribution < -0.4 is 21.7 Å². The van der Waals surface area contributed by atoms with Gasteiger partial charge in [-0.05, 0) is 48.2 Å². The van der Waals surface area contributed by atoms with Crippen LogP contribution in [0.5, 0.6) is 0 Å². The number of nitrogens with one attached hydrogen (secondary N) is 3. The molecule has 0 bridgehead atoms. The van der Waals surface area contributed by atoms with Gasteiger partial charge in [-0.1, -0.05) is 66.7 Å². The fraction of sp³-hybridized carbons (Fsp3) is 0.200. The van der Waals surface area contributed by atoms with Crippen LogP contribution in [0.2, 0.25) is 0 Å². The first-order valence-corrected chi connectivity index (χ1v) is 12.7. The normalized spacial score (nSPS) is 15.0. The van der Waals surface area contributed by atoms with Crippen molar-refractivity contribution in [2.75, 3.05) is 18.8 Å². The number of amides is 2. The summed E-state index contributed by atoms with van der Waals surface area (Å²) in [4.78, 5) is 34.6. The summed E-state index contributed by atoms with van der Waals surface area (Å²) in [6.45, 7) is 2.05. The second-order valence-electron chi connectivity index (χ2n) is 9.29. The molecule has 5 rings (SSSR count). The molecule has 0 radical (unpaired) electrons. The van der Waals surface area contributed by atoms with Crippen molar-refractivity contribution in [3.63, 3.8) is 0 Å².